The first-order valence-electron chi connectivity index (χ1n) is 8.20. The van der Waals surface area contributed by atoms with Gasteiger partial charge in [0.05, 0.1) is 7.11 Å². The maximum Gasteiger partial charge on any atom is 0.272 e. The number of H-pyrrole nitrogens is 1. The number of methoxy groups -OCH3 is 1. The molecule has 7 nitrogen and oxygen atoms in total. The third-order valence-corrected chi connectivity index (χ3v) is 5.31. The monoisotopic (exact) mass is 451 g/mol. The zero-order valence-corrected chi connectivity index (χ0v) is 15.9. The van der Waals surface area contributed by atoms with Crippen molar-refractivity contribution >= 4 is 26.6 Å². The number of fused-ring (bicyclic) bond motifs is 1. The summed E-state index contributed by atoms with van der Waals surface area (Å²) in [5.41, 5.74) is -0.563. The topological polar surface area (TPSA) is 93.3 Å². The molecular weight excluding hydrogens is 437 g/mol. The van der Waals surface area contributed by atoms with Gasteiger partial charge in [-0.15, -0.1) is 0 Å². The molecule has 0 radical (unpaired) electrons. The summed E-state index contributed by atoms with van der Waals surface area (Å²) < 4.78 is 101. The smallest absolute Gasteiger partial charge is 0.272 e. The first-order valence-corrected chi connectivity index (χ1v) is 9.68. The molecule has 0 saturated heterocycles. The number of ether oxygens (including phenoxy) is 2. The van der Waals surface area contributed by atoms with Gasteiger partial charge < -0.3 is 14.5 Å². The van der Waals surface area contributed by atoms with Crippen molar-refractivity contribution in [2.75, 3.05) is 18.4 Å². The lowest BCUT2D eigenvalue weighted by molar-refractivity contribution is 0.0770. The second-order valence-electron chi connectivity index (χ2n) is 5.90. The fourth-order valence-corrected chi connectivity index (χ4v) is 3.83. The molecule has 0 saturated carbocycles. The average molecular weight is 451 g/mol. The second-order valence-corrected chi connectivity index (χ2v) is 7.55. The van der Waals surface area contributed by atoms with E-state index in [1.807, 2.05) is 0 Å². The fourth-order valence-electron chi connectivity index (χ4n) is 2.60. The number of alkyl halides is 4. The normalized spacial score (nSPS) is 12.0. The van der Waals surface area contributed by atoms with Gasteiger partial charge in [0.15, 0.2) is 12.4 Å². The van der Waals surface area contributed by atoms with E-state index in [0.717, 1.165) is 25.4 Å². The molecule has 0 spiro atoms. The highest BCUT2D eigenvalue weighted by Gasteiger charge is 2.24. The van der Waals surface area contributed by atoms with Gasteiger partial charge in [-0.25, -0.2) is 30.4 Å². The molecule has 0 unspecified atom stereocenters. The Labute approximate surface area is 166 Å². The second kappa shape index (κ2) is 8.34. The zero-order valence-electron chi connectivity index (χ0n) is 15.1. The lowest BCUT2D eigenvalue weighted by Gasteiger charge is -2.13. The van der Waals surface area contributed by atoms with Crippen LogP contribution < -0.4 is 14.2 Å². The molecule has 0 aliphatic rings. The van der Waals surface area contributed by atoms with Crippen LogP contribution in [-0.4, -0.2) is 38.5 Å². The highest BCUT2D eigenvalue weighted by atomic mass is 32.2. The number of halogens is 5. The molecule has 2 heterocycles. The van der Waals surface area contributed by atoms with Crippen molar-refractivity contribution in [1.29, 1.82) is 0 Å². The van der Waals surface area contributed by atoms with Gasteiger partial charge in [0.25, 0.3) is 28.8 Å². The number of aromatic amines is 1. The van der Waals surface area contributed by atoms with Crippen LogP contribution in [0.5, 0.6) is 11.8 Å². The van der Waals surface area contributed by atoms with Crippen LogP contribution >= 0.6 is 0 Å². The maximum atomic E-state index is 14.1. The van der Waals surface area contributed by atoms with Crippen molar-refractivity contribution in [1.82, 2.24) is 9.97 Å². The van der Waals surface area contributed by atoms with Crippen LogP contribution in [0.3, 0.4) is 0 Å². The Morgan fingerprint density at radius 1 is 1.17 bits per heavy atom. The van der Waals surface area contributed by atoms with E-state index in [1.165, 1.54) is 6.07 Å². The van der Waals surface area contributed by atoms with Gasteiger partial charge in [0, 0.05) is 28.7 Å². The molecule has 1 aromatic carbocycles. The summed E-state index contributed by atoms with van der Waals surface area (Å²) in [6.45, 7) is -1.12. The van der Waals surface area contributed by atoms with Crippen LogP contribution in [-0.2, 0) is 10.0 Å². The van der Waals surface area contributed by atoms with Gasteiger partial charge in [-0.05, 0) is 6.07 Å². The maximum absolute atomic E-state index is 14.1. The number of benzene rings is 1. The van der Waals surface area contributed by atoms with Gasteiger partial charge >= 0.3 is 0 Å². The number of rotatable bonds is 8. The van der Waals surface area contributed by atoms with E-state index in [4.69, 9.17) is 4.74 Å². The van der Waals surface area contributed by atoms with Crippen molar-refractivity contribution in [3.05, 3.63) is 41.8 Å². The van der Waals surface area contributed by atoms with E-state index in [2.05, 4.69) is 19.4 Å². The molecule has 30 heavy (non-hydrogen) atoms. The Kier molecular flexibility index (Phi) is 6.01. The number of hydrogen-bond acceptors (Lipinski definition) is 5. The van der Waals surface area contributed by atoms with E-state index in [-0.39, 0.29) is 21.4 Å². The van der Waals surface area contributed by atoms with Crippen molar-refractivity contribution in [2.24, 2.45) is 0 Å². The fraction of sp³-hybridized carbons (Fsp3) is 0.235. The minimum Gasteiger partial charge on any atom is -0.479 e. The largest absolute Gasteiger partial charge is 0.479 e. The Bertz CT molecular complexity index is 1170. The zero-order chi connectivity index (χ0) is 22.1. The highest BCUT2D eigenvalue weighted by Crippen LogP contribution is 2.32. The summed E-state index contributed by atoms with van der Waals surface area (Å²) >= 11 is 0. The van der Waals surface area contributed by atoms with Gasteiger partial charge in [-0.1, -0.05) is 12.1 Å². The lowest BCUT2D eigenvalue weighted by Crippen LogP contribution is -2.15. The summed E-state index contributed by atoms with van der Waals surface area (Å²) in [7, 11) is -3.23. The van der Waals surface area contributed by atoms with Crippen molar-refractivity contribution in [3.8, 4) is 11.8 Å². The summed E-state index contributed by atoms with van der Waals surface area (Å²) in [5, 5.41) is 0.121. The molecule has 0 aliphatic heterocycles. The van der Waals surface area contributed by atoms with Crippen LogP contribution in [0.1, 0.15) is 12.0 Å². The standard InChI is InChI=1S/C17H14F5N3O4S/c1-28-17-12(5-10(18)16(24-17)29-7-14(19)20)25-30(26,27)13-6-23-11-4-8(15(21)22)2-3-9(11)13/h2-6,14-15,23,25H,7H2,1H3. The quantitative estimate of drug-likeness (QED) is 0.503. The molecule has 2 aromatic heterocycles. The van der Waals surface area contributed by atoms with E-state index < -0.39 is 52.7 Å². The summed E-state index contributed by atoms with van der Waals surface area (Å²) in [6.07, 6.45) is -4.53. The summed E-state index contributed by atoms with van der Waals surface area (Å²) in [5.74, 6) is -2.42. The highest BCUT2D eigenvalue weighted by molar-refractivity contribution is 7.93. The van der Waals surface area contributed by atoms with Crippen LogP contribution in [0, 0.1) is 5.82 Å². The summed E-state index contributed by atoms with van der Waals surface area (Å²) in [4.78, 5) is 5.85. The SMILES string of the molecule is COc1nc(OCC(F)F)c(F)cc1NS(=O)(=O)c1c[nH]c2cc(C(F)F)ccc12. The Morgan fingerprint density at radius 3 is 2.53 bits per heavy atom. The average Bonchev–Trinajstić information content (AvgIpc) is 3.11. The molecule has 13 heteroatoms. The number of hydrogen-bond donors (Lipinski definition) is 2. The van der Waals surface area contributed by atoms with Gasteiger partial charge in [-0.3, -0.25) is 4.72 Å². The van der Waals surface area contributed by atoms with Crippen molar-refractivity contribution in [2.45, 2.75) is 17.7 Å². The summed E-state index contributed by atoms with van der Waals surface area (Å²) in [6, 6.07) is 4.06. The predicted octanol–water partition coefficient (Wildman–Crippen LogP) is 4.09. The number of sulfonamides is 1. The Hall–Kier alpha value is -3.09. The number of nitrogens with zero attached hydrogens (tertiary/aromatic N) is 1. The Morgan fingerprint density at radius 2 is 1.90 bits per heavy atom. The molecule has 0 aliphatic carbocycles. The minimum absolute atomic E-state index is 0.121. The van der Waals surface area contributed by atoms with Crippen LogP contribution in [0.25, 0.3) is 10.9 Å². The number of anilines is 1. The molecule has 3 aromatic rings. The molecular formula is C17H14F5N3O4S. The number of aromatic nitrogens is 2. The first kappa shape index (κ1) is 21.6. The van der Waals surface area contributed by atoms with E-state index in [0.29, 0.717) is 6.07 Å². The van der Waals surface area contributed by atoms with Gasteiger partial charge in [0.1, 0.15) is 10.6 Å². The number of nitrogens with one attached hydrogen (secondary N) is 2. The minimum atomic E-state index is -4.33. The molecule has 0 fully saturated rings. The van der Waals surface area contributed by atoms with E-state index in [1.54, 1.807) is 0 Å². The van der Waals surface area contributed by atoms with Crippen molar-refractivity contribution < 1.29 is 39.8 Å². The third-order valence-electron chi connectivity index (χ3n) is 3.90. The van der Waals surface area contributed by atoms with Crippen LogP contribution in [0.4, 0.5) is 27.6 Å². The first-order chi connectivity index (χ1) is 14.1. The van der Waals surface area contributed by atoms with E-state index in [9.17, 15) is 30.4 Å². The van der Waals surface area contributed by atoms with Crippen LogP contribution in [0.15, 0.2) is 35.4 Å². The molecule has 0 atom stereocenters. The lowest BCUT2D eigenvalue weighted by atomic mass is 10.2. The van der Waals surface area contributed by atoms with Crippen molar-refractivity contribution in [3.63, 3.8) is 0 Å². The van der Waals surface area contributed by atoms with E-state index >= 15 is 0 Å². The molecule has 0 amide bonds. The third kappa shape index (κ3) is 4.40. The molecule has 2 N–H and O–H groups in total. The van der Waals surface area contributed by atoms with Crippen LogP contribution in [0.2, 0.25) is 0 Å². The predicted molar refractivity (Wildman–Crippen MR) is 96.3 cm³/mol. The molecule has 3 rings (SSSR count). The number of pyridine rings is 1. The van der Waals surface area contributed by atoms with Gasteiger partial charge in [0.2, 0.25) is 5.88 Å². The molecule has 0 bridgehead atoms. The molecule has 162 valence electrons. The van der Waals surface area contributed by atoms with Gasteiger partial charge in [-0.2, -0.15) is 4.98 Å². The Balaban J connectivity index is 1.95.